The van der Waals surface area contributed by atoms with Crippen molar-refractivity contribution >= 4 is 16.6 Å². The van der Waals surface area contributed by atoms with E-state index in [0.29, 0.717) is 16.6 Å². The molecule has 0 atom stereocenters. The molecule has 1 heterocycles. The fourth-order valence-electron chi connectivity index (χ4n) is 1.13. The minimum absolute atomic E-state index is 0.115. The number of aromatic amines is 1. The van der Waals surface area contributed by atoms with E-state index < -0.39 is 0 Å². The fraction of sp³-hybridized carbons (Fsp3) is 0. The zero-order valence-corrected chi connectivity index (χ0v) is 6.24. The largest absolute Gasteiger partial charge is 0.397 e. The highest BCUT2D eigenvalue weighted by molar-refractivity contribution is 5.88. The van der Waals surface area contributed by atoms with Crippen LogP contribution in [0.5, 0.6) is 0 Å². The Hall–Kier alpha value is -1.84. The predicted molar refractivity (Wildman–Crippen MR) is 46.8 cm³/mol. The molecule has 0 unspecified atom stereocenters. The highest BCUT2D eigenvalue weighted by atomic mass is 16.1. The molecule has 1 aromatic heterocycles. The number of aromatic nitrogens is 2. The average molecular weight is 161 g/mol. The van der Waals surface area contributed by atoms with Crippen LogP contribution in [-0.2, 0) is 0 Å². The Morgan fingerprint density at radius 1 is 1.42 bits per heavy atom. The van der Waals surface area contributed by atoms with Gasteiger partial charge in [0, 0.05) is 0 Å². The number of hydrogen-bond acceptors (Lipinski definition) is 3. The van der Waals surface area contributed by atoms with E-state index >= 15 is 0 Å². The quantitative estimate of drug-likeness (QED) is 0.553. The average Bonchev–Trinajstić information content (AvgIpc) is 2.07. The Morgan fingerprint density at radius 3 is 3.00 bits per heavy atom. The van der Waals surface area contributed by atoms with Crippen LogP contribution >= 0.6 is 0 Å². The highest BCUT2D eigenvalue weighted by Gasteiger charge is 1.99. The lowest BCUT2D eigenvalue weighted by Crippen LogP contribution is -2.04. The first-order valence-corrected chi connectivity index (χ1v) is 3.51. The van der Waals surface area contributed by atoms with Crippen LogP contribution < -0.4 is 11.2 Å². The smallest absolute Gasteiger partial charge is 0.208 e. The molecule has 0 saturated heterocycles. The van der Waals surface area contributed by atoms with Gasteiger partial charge in [0.2, 0.25) is 5.43 Å². The van der Waals surface area contributed by atoms with Crippen LogP contribution in [0.25, 0.3) is 10.9 Å². The number of H-pyrrole nitrogens is 1. The lowest BCUT2D eigenvalue weighted by molar-refractivity contribution is 1.07. The number of hydrogen-bond donors (Lipinski definition) is 2. The van der Waals surface area contributed by atoms with Crippen LogP contribution in [-0.4, -0.2) is 10.2 Å². The molecule has 0 aliphatic rings. The molecular formula is C8H7N3O. The summed E-state index contributed by atoms with van der Waals surface area (Å²) >= 11 is 0. The summed E-state index contributed by atoms with van der Waals surface area (Å²) in [5.41, 5.74) is 6.64. The van der Waals surface area contributed by atoms with E-state index in [2.05, 4.69) is 10.2 Å². The van der Waals surface area contributed by atoms with Gasteiger partial charge in [0.1, 0.15) is 0 Å². The van der Waals surface area contributed by atoms with Crippen LogP contribution in [0.3, 0.4) is 0 Å². The molecule has 0 bridgehead atoms. The summed E-state index contributed by atoms with van der Waals surface area (Å²) in [4.78, 5) is 11.2. The third-order valence-corrected chi connectivity index (χ3v) is 1.72. The van der Waals surface area contributed by atoms with Crippen LogP contribution in [0, 0.1) is 0 Å². The molecule has 4 nitrogen and oxygen atoms in total. The van der Waals surface area contributed by atoms with Gasteiger partial charge in [0.05, 0.1) is 22.8 Å². The summed E-state index contributed by atoms with van der Waals surface area (Å²) in [5.74, 6) is 0. The molecule has 0 aliphatic carbocycles. The van der Waals surface area contributed by atoms with E-state index in [1.807, 2.05) is 0 Å². The molecule has 4 heteroatoms. The molecule has 2 rings (SSSR count). The summed E-state index contributed by atoms with van der Waals surface area (Å²) in [6.45, 7) is 0. The molecule has 0 saturated carbocycles. The van der Waals surface area contributed by atoms with Gasteiger partial charge in [-0.25, -0.2) is 0 Å². The van der Waals surface area contributed by atoms with Crippen molar-refractivity contribution in [1.29, 1.82) is 0 Å². The first-order valence-electron chi connectivity index (χ1n) is 3.51. The summed E-state index contributed by atoms with van der Waals surface area (Å²) < 4.78 is 0. The molecule has 0 fully saturated rings. The molecule has 0 amide bonds. The number of rotatable bonds is 0. The van der Waals surface area contributed by atoms with Gasteiger partial charge in [-0.1, -0.05) is 6.07 Å². The number of nitrogens with two attached hydrogens (primary N) is 1. The van der Waals surface area contributed by atoms with Crippen molar-refractivity contribution in [2.45, 2.75) is 0 Å². The third kappa shape index (κ3) is 0.852. The first kappa shape index (κ1) is 6.84. The summed E-state index contributed by atoms with van der Waals surface area (Å²) in [6, 6.07) is 5.18. The number of nitrogens with zero attached hydrogens (tertiary/aromatic N) is 1. The van der Waals surface area contributed by atoms with Gasteiger partial charge in [0.15, 0.2) is 0 Å². The maximum Gasteiger partial charge on any atom is 0.208 e. The third-order valence-electron chi connectivity index (χ3n) is 1.72. The number of para-hydroxylation sites is 1. The topological polar surface area (TPSA) is 71.8 Å². The van der Waals surface area contributed by atoms with Crippen LogP contribution in [0.2, 0.25) is 0 Å². The van der Waals surface area contributed by atoms with Gasteiger partial charge >= 0.3 is 0 Å². The van der Waals surface area contributed by atoms with Crippen LogP contribution in [0.15, 0.2) is 29.2 Å². The molecular weight excluding hydrogens is 154 g/mol. The van der Waals surface area contributed by atoms with Gasteiger partial charge < -0.3 is 5.73 Å². The molecule has 60 valence electrons. The minimum Gasteiger partial charge on any atom is -0.397 e. The van der Waals surface area contributed by atoms with E-state index in [4.69, 9.17) is 5.73 Å². The van der Waals surface area contributed by atoms with E-state index in [-0.39, 0.29) is 5.43 Å². The number of nitrogen functional groups attached to an aromatic ring is 1. The van der Waals surface area contributed by atoms with Gasteiger partial charge in [0.25, 0.3) is 0 Å². The van der Waals surface area contributed by atoms with E-state index in [9.17, 15) is 4.79 Å². The zero-order chi connectivity index (χ0) is 8.55. The molecule has 2 aromatic rings. The summed E-state index contributed by atoms with van der Waals surface area (Å²) in [5, 5.41) is 6.91. The molecule has 12 heavy (non-hydrogen) atoms. The number of fused-ring (bicyclic) bond motifs is 1. The predicted octanol–water partition coefficient (Wildman–Crippen LogP) is 0.505. The van der Waals surface area contributed by atoms with Gasteiger partial charge in [-0.15, -0.1) is 0 Å². The Bertz CT molecular complexity index is 475. The summed E-state index contributed by atoms with van der Waals surface area (Å²) in [6.07, 6.45) is 1.24. The van der Waals surface area contributed by atoms with Crippen LogP contribution in [0.1, 0.15) is 0 Å². The number of nitrogens with one attached hydrogen (secondary N) is 1. The van der Waals surface area contributed by atoms with E-state index in [0.717, 1.165) is 0 Å². The lowest BCUT2D eigenvalue weighted by Gasteiger charge is -1.97. The SMILES string of the molecule is Nc1cccc2c(=O)cn[nH]c12. The van der Waals surface area contributed by atoms with Gasteiger partial charge in [-0.2, -0.15) is 5.10 Å². The van der Waals surface area contributed by atoms with E-state index in [1.54, 1.807) is 18.2 Å². The van der Waals surface area contributed by atoms with Crippen molar-refractivity contribution in [1.82, 2.24) is 10.2 Å². The zero-order valence-electron chi connectivity index (χ0n) is 6.24. The monoisotopic (exact) mass is 161 g/mol. The van der Waals surface area contributed by atoms with Crippen LogP contribution in [0.4, 0.5) is 5.69 Å². The molecule has 0 aliphatic heterocycles. The standard InChI is InChI=1S/C8H7N3O/c9-6-3-1-2-5-7(12)4-10-11-8(5)6/h1-4H,9H2,(H,11,12). The van der Waals surface area contributed by atoms with Crippen molar-refractivity contribution in [2.24, 2.45) is 0 Å². The molecule has 0 radical (unpaired) electrons. The van der Waals surface area contributed by atoms with E-state index in [1.165, 1.54) is 6.20 Å². The maximum absolute atomic E-state index is 11.2. The number of anilines is 1. The highest BCUT2D eigenvalue weighted by Crippen LogP contribution is 2.12. The Morgan fingerprint density at radius 2 is 2.25 bits per heavy atom. The molecule has 0 spiro atoms. The Labute approximate surface area is 68.0 Å². The molecule has 3 N–H and O–H groups in total. The second-order valence-electron chi connectivity index (χ2n) is 2.50. The van der Waals surface area contributed by atoms with Gasteiger partial charge in [-0.05, 0) is 12.1 Å². The Balaban J connectivity index is 3.05. The first-order chi connectivity index (χ1) is 5.79. The van der Waals surface area contributed by atoms with Crippen molar-refractivity contribution in [3.8, 4) is 0 Å². The van der Waals surface area contributed by atoms with Gasteiger partial charge in [-0.3, -0.25) is 9.89 Å². The maximum atomic E-state index is 11.2. The second-order valence-corrected chi connectivity index (χ2v) is 2.50. The Kier molecular flexibility index (Phi) is 1.33. The summed E-state index contributed by atoms with van der Waals surface area (Å²) in [7, 11) is 0. The normalized spacial score (nSPS) is 10.3. The van der Waals surface area contributed by atoms with Crippen molar-refractivity contribution in [3.63, 3.8) is 0 Å². The second kappa shape index (κ2) is 2.34. The minimum atomic E-state index is -0.115. The van der Waals surface area contributed by atoms with Crippen molar-refractivity contribution in [3.05, 3.63) is 34.6 Å². The lowest BCUT2D eigenvalue weighted by atomic mass is 10.2. The molecule has 1 aromatic carbocycles. The van der Waals surface area contributed by atoms with Crippen molar-refractivity contribution in [2.75, 3.05) is 5.73 Å². The number of benzene rings is 1. The fourth-order valence-corrected chi connectivity index (χ4v) is 1.13. The van der Waals surface area contributed by atoms with Crippen molar-refractivity contribution < 1.29 is 0 Å².